The van der Waals surface area contributed by atoms with Gasteiger partial charge in [-0.15, -0.1) is 11.8 Å². The topological polar surface area (TPSA) is 175 Å². The number of aliphatic hydroxyl groups excluding tert-OH is 4. The Hall–Kier alpha value is -1.14. The van der Waals surface area contributed by atoms with Crippen LogP contribution in [-0.4, -0.2) is 154 Å². The smallest absolute Gasteiger partial charge is 0.220 e. The average molecular weight is 1020 g/mol. The summed E-state index contributed by atoms with van der Waals surface area (Å²) in [5.41, 5.74) is -0.849. The van der Waals surface area contributed by atoms with Crippen molar-refractivity contribution in [3.63, 3.8) is 0 Å². The molecule has 1 heterocycles. The van der Waals surface area contributed by atoms with Crippen molar-refractivity contribution in [1.82, 2.24) is 5.32 Å². The molecule has 1 rings (SSSR count). The molecular formula is C56H107NO12S. The van der Waals surface area contributed by atoms with Crippen LogP contribution >= 0.6 is 11.8 Å². The van der Waals surface area contributed by atoms with Gasteiger partial charge in [0.25, 0.3) is 0 Å². The highest BCUT2D eigenvalue weighted by Gasteiger charge is 2.43. The monoisotopic (exact) mass is 1020 g/mol. The molecule has 5 N–H and O–H groups in total. The van der Waals surface area contributed by atoms with Crippen LogP contribution in [0.15, 0.2) is 24.3 Å². The Morgan fingerprint density at radius 3 is 1.41 bits per heavy atom. The first kappa shape index (κ1) is 66.9. The SMILES string of the molecule is CCCCCCCC/C=C\CCCCCCCCOCC(COCCOCCOCCOCCNC(=O)CCS[C@H]1OC(CO)[C@@H](O)C(O)C1O)OCCCCCCCC/C=C\CCCCCCCC. The van der Waals surface area contributed by atoms with Gasteiger partial charge < -0.3 is 58.9 Å². The van der Waals surface area contributed by atoms with Gasteiger partial charge >= 0.3 is 0 Å². The highest BCUT2D eigenvalue weighted by Crippen LogP contribution is 2.29. The molecular weight excluding hydrogens is 911 g/mol. The number of carbonyl (C=O) groups is 1. The third-order valence-corrected chi connectivity index (χ3v) is 13.7. The molecule has 0 bridgehead atoms. The first-order chi connectivity index (χ1) is 34.4. The first-order valence-corrected chi connectivity index (χ1v) is 29.5. The summed E-state index contributed by atoms with van der Waals surface area (Å²) in [6.07, 6.45) is 40.8. The molecule has 0 radical (unpaired) electrons. The Kier molecular flexibility index (Phi) is 50.4. The van der Waals surface area contributed by atoms with Gasteiger partial charge in [0.2, 0.25) is 5.91 Å². The number of rotatable bonds is 54. The van der Waals surface area contributed by atoms with Crippen molar-refractivity contribution in [3.05, 3.63) is 24.3 Å². The standard InChI is InChI=1S/C56H107NO12S/c1-3-5-7-9-11-13-15-17-19-21-23-25-27-29-31-33-37-66-48-50(68-38-34-32-30-28-26-24-22-20-18-16-14-12-10-8-6-4-2)49-67-45-44-65-43-42-64-41-40-63-39-36-57-52(59)35-46-70-56-55(62)54(61)53(60)51(47-58)69-56/h17-20,50-51,53-56,58,60-62H,3-16,21-49H2,1-2H3,(H,57,59)/b19-17-,20-18-/t50?,51?,53-,54?,55?,56-/m1/s1. The molecule has 0 saturated carbocycles. The number of allylic oxidation sites excluding steroid dienone is 4. The van der Waals surface area contributed by atoms with Crippen LogP contribution in [0.5, 0.6) is 0 Å². The van der Waals surface area contributed by atoms with Crippen molar-refractivity contribution in [2.24, 2.45) is 0 Å². The van der Waals surface area contributed by atoms with Gasteiger partial charge in [0.1, 0.15) is 36.0 Å². The van der Waals surface area contributed by atoms with E-state index >= 15 is 0 Å². The Labute approximate surface area is 431 Å². The van der Waals surface area contributed by atoms with Crippen LogP contribution in [0.3, 0.4) is 0 Å². The molecule has 1 amide bonds. The highest BCUT2D eigenvalue weighted by atomic mass is 32.2. The number of amides is 1. The number of unbranched alkanes of at least 4 members (excludes halogenated alkanes) is 24. The average Bonchev–Trinajstić information content (AvgIpc) is 3.36. The van der Waals surface area contributed by atoms with Crippen molar-refractivity contribution >= 4 is 17.7 Å². The van der Waals surface area contributed by atoms with Gasteiger partial charge in [0.05, 0.1) is 66.1 Å². The fourth-order valence-electron chi connectivity index (χ4n) is 8.11. The Morgan fingerprint density at radius 2 is 0.929 bits per heavy atom. The van der Waals surface area contributed by atoms with Crippen LogP contribution in [0.25, 0.3) is 0 Å². The molecule has 1 aliphatic heterocycles. The van der Waals surface area contributed by atoms with Gasteiger partial charge in [-0.25, -0.2) is 0 Å². The van der Waals surface area contributed by atoms with Gasteiger partial charge in [-0.3, -0.25) is 4.79 Å². The second-order valence-corrected chi connectivity index (χ2v) is 20.2. The molecule has 4 unspecified atom stereocenters. The minimum absolute atomic E-state index is 0.0852. The Balaban J connectivity index is 2.14. The fourth-order valence-corrected chi connectivity index (χ4v) is 9.22. The maximum absolute atomic E-state index is 12.2. The number of carbonyl (C=O) groups excluding carboxylic acids is 1. The molecule has 14 heteroatoms. The second-order valence-electron chi connectivity index (χ2n) is 19.0. The van der Waals surface area contributed by atoms with Gasteiger partial charge in [-0.05, 0) is 64.2 Å². The zero-order valence-electron chi connectivity index (χ0n) is 44.6. The predicted octanol–water partition coefficient (Wildman–Crippen LogP) is 10.6. The largest absolute Gasteiger partial charge is 0.394 e. The number of hydrogen-bond donors (Lipinski definition) is 5. The van der Waals surface area contributed by atoms with Gasteiger partial charge in [-0.2, -0.15) is 0 Å². The van der Waals surface area contributed by atoms with Crippen LogP contribution < -0.4 is 5.32 Å². The molecule has 0 aromatic rings. The zero-order valence-corrected chi connectivity index (χ0v) is 45.5. The van der Waals surface area contributed by atoms with Crippen LogP contribution in [0.4, 0.5) is 0 Å². The van der Waals surface area contributed by atoms with Gasteiger partial charge in [0.15, 0.2) is 0 Å². The predicted molar refractivity (Wildman–Crippen MR) is 287 cm³/mol. The van der Waals surface area contributed by atoms with E-state index in [0.717, 1.165) is 37.8 Å². The molecule has 414 valence electrons. The zero-order chi connectivity index (χ0) is 50.6. The maximum Gasteiger partial charge on any atom is 0.220 e. The van der Waals surface area contributed by atoms with Crippen molar-refractivity contribution in [1.29, 1.82) is 0 Å². The van der Waals surface area contributed by atoms with E-state index in [-0.39, 0.29) is 18.4 Å². The molecule has 0 spiro atoms. The van der Waals surface area contributed by atoms with Crippen LogP contribution in [0, 0.1) is 0 Å². The van der Waals surface area contributed by atoms with Crippen molar-refractivity contribution in [2.75, 3.05) is 91.6 Å². The van der Waals surface area contributed by atoms with E-state index in [1.807, 2.05) is 0 Å². The minimum Gasteiger partial charge on any atom is -0.394 e. The lowest BCUT2D eigenvalue weighted by molar-refractivity contribution is -0.205. The van der Waals surface area contributed by atoms with E-state index in [4.69, 9.17) is 33.2 Å². The summed E-state index contributed by atoms with van der Waals surface area (Å²) in [5.74, 6) is 0.149. The number of thioether (sulfide) groups is 1. The molecule has 6 atom stereocenters. The molecule has 0 aromatic heterocycles. The van der Waals surface area contributed by atoms with Crippen LogP contribution in [0.2, 0.25) is 0 Å². The van der Waals surface area contributed by atoms with Crippen molar-refractivity contribution < 1.29 is 58.4 Å². The molecule has 1 fully saturated rings. The summed E-state index contributed by atoms with van der Waals surface area (Å²) in [7, 11) is 0. The Morgan fingerprint density at radius 1 is 0.514 bits per heavy atom. The molecule has 1 aliphatic rings. The third kappa shape index (κ3) is 42.2. The summed E-state index contributed by atoms with van der Waals surface area (Å²) in [6.45, 7) is 9.94. The first-order valence-electron chi connectivity index (χ1n) is 28.4. The molecule has 0 aliphatic carbocycles. The molecule has 0 aromatic carbocycles. The molecule has 1 saturated heterocycles. The van der Waals surface area contributed by atoms with E-state index in [1.54, 1.807) is 0 Å². The summed E-state index contributed by atoms with van der Waals surface area (Å²) in [4.78, 5) is 12.2. The summed E-state index contributed by atoms with van der Waals surface area (Å²) in [5, 5.41) is 42.0. The molecule has 70 heavy (non-hydrogen) atoms. The normalized spacial score (nSPS) is 19.0. The van der Waals surface area contributed by atoms with E-state index < -0.39 is 36.5 Å². The highest BCUT2D eigenvalue weighted by molar-refractivity contribution is 7.99. The van der Waals surface area contributed by atoms with Gasteiger partial charge in [0, 0.05) is 31.9 Å². The number of aliphatic hydroxyl groups is 4. The second kappa shape index (κ2) is 52.7. The van der Waals surface area contributed by atoms with Crippen LogP contribution in [0.1, 0.15) is 200 Å². The van der Waals surface area contributed by atoms with E-state index in [0.29, 0.717) is 71.8 Å². The quantitative estimate of drug-likeness (QED) is 0.0288. The number of nitrogens with one attached hydrogen (secondary N) is 1. The summed E-state index contributed by atoms with van der Waals surface area (Å²) >= 11 is 1.15. The maximum atomic E-state index is 12.2. The third-order valence-electron chi connectivity index (χ3n) is 12.6. The minimum atomic E-state index is -1.43. The van der Waals surface area contributed by atoms with E-state index in [2.05, 4.69) is 43.5 Å². The van der Waals surface area contributed by atoms with E-state index in [9.17, 15) is 25.2 Å². The molecule has 13 nitrogen and oxygen atoms in total. The lowest BCUT2D eigenvalue weighted by Gasteiger charge is -2.39. The van der Waals surface area contributed by atoms with Crippen molar-refractivity contribution in [2.45, 2.75) is 236 Å². The number of ether oxygens (including phenoxy) is 7. The lowest BCUT2D eigenvalue weighted by Crippen LogP contribution is -2.57. The fraction of sp³-hybridized carbons (Fsp3) is 0.911. The summed E-state index contributed by atoms with van der Waals surface area (Å²) < 4.78 is 40.6. The van der Waals surface area contributed by atoms with Gasteiger partial charge in [-0.1, -0.05) is 154 Å². The lowest BCUT2D eigenvalue weighted by atomic mass is 10.0. The van der Waals surface area contributed by atoms with Crippen LogP contribution in [-0.2, 0) is 38.0 Å². The Bertz CT molecular complexity index is 1150. The van der Waals surface area contributed by atoms with Crippen molar-refractivity contribution in [3.8, 4) is 0 Å². The number of hydrogen-bond acceptors (Lipinski definition) is 13. The van der Waals surface area contributed by atoms with E-state index in [1.165, 1.54) is 167 Å². The summed E-state index contributed by atoms with van der Waals surface area (Å²) in [6, 6.07) is 0.